The van der Waals surface area contributed by atoms with Gasteiger partial charge in [0.05, 0.1) is 10.3 Å². The number of hydrogen-bond donors (Lipinski definition) is 0. The van der Waals surface area contributed by atoms with Gasteiger partial charge in [-0.25, -0.2) is 8.42 Å². The number of likely N-dealkylation sites (tertiary alicyclic amines) is 3. The molecule has 6 rings (SSSR count). The predicted molar refractivity (Wildman–Crippen MR) is 163 cm³/mol. The summed E-state index contributed by atoms with van der Waals surface area (Å²) < 4.78 is 23.6. The highest BCUT2D eigenvalue weighted by Crippen LogP contribution is 2.44. The average molecular weight is 576 g/mol. The molecule has 0 bridgehead atoms. The van der Waals surface area contributed by atoms with Gasteiger partial charge >= 0.3 is 0 Å². The van der Waals surface area contributed by atoms with E-state index in [-0.39, 0.29) is 11.3 Å². The highest BCUT2D eigenvalue weighted by atomic mass is 32.2. The maximum absolute atomic E-state index is 13.6. The van der Waals surface area contributed by atoms with Crippen LogP contribution in [0.5, 0.6) is 0 Å². The second-order valence-electron chi connectivity index (χ2n) is 13.1. The van der Waals surface area contributed by atoms with E-state index in [1.807, 2.05) is 17.0 Å². The van der Waals surface area contributed by atoms with E-state index in [1.165, 1.54) is 43.2 Å². The zero-order chi connectivity index (χ0) is 28.6. The molecule has 0 radical (unpaired) electrons. The number of sulfone groups is 1. The summed E-state index contributed by atoms with van der Waals surface area (Å²) >= 11 is 0. The van der Waals surface area contributed by atoms with Crippen LogP contribution in [0.4, 0.5) is 0 Å². The van der Waals surface area contributed by atoms with Gasteiger partial charge in [0.2, 0.25) is 5.91 Å². The fourth-order valence-corrected chi connectivity index (χ4v) is 8.58. The molecule has 0 aromatic heterocycles. The lowest BCUT2D eigenvalue weighted by molar-refractivity contribution is -0.139. The highest BCUT2D eigenvalue weighted by Gasteiger charge is 2.48. The molecule has 2 atom stereocenters. The fourth-order valence-electron chi connectivity index (χ4n) is 7.95. The largest absolute Gasteiger partial charge is 0.374 e. The minimum Gasteiger partial charge on any atom is -0.374 e. The third kappa shape index (κ3) is 5.98. The maximum Gasteiger partial charge on any atom is 0.229 e. The van der Waals surface area contributed by atoms with E-state index < -0.39 is 9.84 Å². The van der Waals surface area contributed by atoms with Crippen molar-refractivity contribution in [2.45, 2.75) is 62.3 Å². The molecular formula is C34H45N3O3S. The smallest absolute Gasteiger partial charge is 0.229 e. The van der Waals surface area contributed by atoms with Crippen molar-refractivity contribution in [2.24, 2.45) is 17.3 Å². The van der Waals surface area contributed by atoms with Gasteiger partial charge < -0.3 is 14.7 Å². The molecule has 2 aromatic carbocycles. The van der Waals surface area contributed by atoms with Gasteiger partial charge in [0.15, 0.2) is 9.84 Å². The van der Waals surface area contributed by atoms with E-state index in [4.69, 9.17) is 0 Å². The summed E-state index contributed by atoms with van der Waals surface area (Å²) in [4.78, 5) is 21.2. The van der Waals surface area contributed by atoms with E-state index in [0.717, 1.165) is 64.1 Å². The zero-order valence-electron chi connectivity index (χ0n) is 24.5. The van der Waals surface area contributed by atoms with E-state index in [1.54, 1.807) is 12.1 Å². The van der Waals surface area contributed by atoms with Crippen molar-refractivity contribution >= 4 is 15.7 Å². The molecule has 1 amide bonds. The first kappa shape index (κ1) is 28.5. The average Bonchev–Trinajstić information content (AvgIpc) is 3.72. The number of nitrogens with zero attached hydrogens (tertiary/aromatic N) is 3. The van der Waals surface area contributed by atoms with Gasteiger partial charge in [-0.05, 0) is 80.3 Å². The van der Waals surface area contributed by atoms with Gasteiger partial charge in [-0.15, -0.1) is 0 Å². The summed E-state index contributed by atoms with van der Waals surface area (Å²) in [6.45, 7) is 11.1. The van der Waals surface area contributed by atoms with Crippen molar-refractivity contribution in [2.75, 3.05) is 45.5 Å². The Labute approximate surface area is 246 Å². The number of rotatable bonds is 8. The number of carbonyl (C=O) groups excluding carboxylic acids is 1. The van der Waals surface area contributed by atoms with Crippen molar-refractivity contribution in [3.05, 3.63) is 78.0 Å². The van der Waals surface area contributed by atoms with Crippen LogP contribution < -0.4 is 0 Å². The summed E-state index contributed by atoms with van der Waals surface area (Å²) in [6, 6.07) is 18.0. The summed E-state index contributed by atoms with van der Waals surface area (Å²) in [6.07, 6.45) is 9.26. The van der Waals surface area contributed by atoms with Crippen LogP contribution in [0, 0.1) is 17.3 Å². The highest BCUT2D eigenvalue weighted by molar-refractivity contribution is 7.90. The SMILES string of the molecule is C=C(C1CCCC1)N1C[C@H](CN2CCC3(CC2)CCN(Cc2ccc(S(C)(=O)=O)cc2)C3=O)[C@@H](c2ccccc2)C1. The number of benzene rings is 2. The normalized spacial score (nSPS) is 25.4. The molecular weight excluding hydrogens is 530 g/mol. The van der Waals surface area contributed by atoms with E-state index >= 15 is 0 Å². The van der Waals surface area contributed by atoms with Crippen molar-refractivity contribution in [3.8, 4) is 0 Å². The Morgan fingerprint density at radius 3 is 2.24 bits per heavy atom. The predicted octanol–water partition coefficient (Wildman–Crippen LogP) is 5.32. The van der Waals surface area contributed by atoms with Crippen LogP contribution in [-0.2, 0) is 21.2 Å². The molecule has 6 nitrogen and oxygen atoms in total. The van der Waals surface area contributed by atoms with Crippen molar-refractivity contribution in [1.29, 1.82) is 0 Å². The quantitative estimate of drug-likeness (QED) is 0.426. The van der Waals surface area contributed by atoms with Gasteiger partial charge in [-0.1, -0.05) is 61.9 Å². The first-order chi connectivity index (χ1) is 19.7. The molecule has 3 aliphatic heterocycles. The zero-order valence-corrected chi connectivity index (χ0v) is 25.3. The van der Waals surface area contributed by atoms with Gasteiger partial charge in [-0.3, -0.25) is 4.79 Å². The van der Waals surface area contributed by atoms with E-state index in [0.29, 0.717) is 29.2 Å². The van der Waals surface area contributed by atoms with Crippen molar-refractivity contribution in [1.82, 2.24) is 14.7 Å². The van der Waals surface area contributed by atoms with Crippen LogP contribution in [0.1, 0.15) is 62.0 Å². The molecule has 3 heterocycles. The summed E-state index contributed by atoms with van der Waals surface area (Å²) in [5.74, 6) is 2.03. The summed E-state index contributed by atoms with van der Waals surface area (Å²) in [5.41, 5.74) is 3.56. The molecule has 3 saturated heterocycles. The maximum atomic E-state index is 13.6. The molecule has 1 spiro atoms. The monoisotopic (exact) mass is 575 g/mol. The van der Waals surface area contributed by atoms with Crippen LogP contribution in [-0.4, -0.2) is 74.5 Å². The van der Waals surface area contributed by atoms with E-state index in [9.17, 15) is 13.2 Å². The molecule has 1 aliphatic carbocycles. The number of hydrogen-bond acceptors (Lipinski definition) is 5. The standard InChI is InChI=1S/C34H45N3O3S/c1-26(28-8-6-7-9-28)37-24-30(32(25-37)29-10-4-3-5-11-29)23-35-19-16-34(17-20-35)18-21-36(33(34)38)22-27-12-14-31(15-13-27)41(2,39)40/h3-5,10-15,28,30,32H,1,6-9,16-25H2,2H3/t30-,32+/m0/s1. The summed E-state index contributed by atoms with van der Waals surface area (Å²) in [5, 5.41) is 0. The molecule has 220 valence electrons. The number of carbonyl (C=O) groups is 1. The molecule has 41 heavy (non-hydrogen) atoms. The first-order valence-corrected chi connectivity index (χ1v) is 17.4. The topological polar surface area (TPSA) is 60.9 Å². The molecule has 4 aliphatic rings. The molecule has 7 heteroatoms. The first-order valence-electron chi connectivity index (χ1n) is 15.5. The summed E-state index contributed by atoms with van der Waals surface area (Å²) in [7, 11) is -3.22. The van der Waals surface area contributed by atoms with Crippen molar-refractivity contribution < 1.29 is 13.2 Å². The lowest BCUT2D eigenvalue weighted by Gasteiger charge is -2.39. The lowest BCUT2D eigenvalue weighted by atomic mass is 9.76. The van der Waals surface area contributed by atoms with Crippen LogP contribution in [0.25, 0.3) is 0 Å². The molecule has 0 unspecified atom stereocenters. The van der Waals surface area contributed by atoms with Gasteiger partial charge in [0.1, 0.15) is 0 Å². The Morgan fingerprint density at radius 2 is 1.59 bits per heavy atom. The molecule has 1 saturated carbocycles. The molecule has 0 N–H and O–H groups in total. The van der Waals surface area contributed by atoms with E-state index in [2.05, 4.69) is 46.7 Å². The number of allylic oxidation sites excluding steroid dienone is 1. The second kappa shape index (κ2) is 11.6. The van der Waals surface area contributed by atoms with Crippen LogP contribution in [0.15, 0.2) is 71.8 Å². The third-order valence-electron chi connectivity index (χ3n) is 10.5. The Kier molecular flexibility index (Phi) is 8.03. The Bertz CT molecular complexity index is 1340. The number of piperidine rings is 1. The van der Waals surface area contributed by atoms with Gasteiger partial charge in [0, 0.05) is 50.6 Å². The van der Waals surface area contributed by atoms with Crippen molar-refractivity contribution in [3.63, 3.8) is 0 Å². The Morgan fingerprint density at radius 1 is 0.927 bits per heavy atom. The van der Waals surface area contributed by atoms with Gasteiger partial charge in [0.25, 0.3) is 0 Å². The lowest BCUT2D eigenvalue weighted by Crippen LogP contribution is -2.46. The third-order valence-corrected chi connectivity index (χ3v) is 11.7. The second-order valence-corrected chi connectivity index (χ2v) is 15.1. The van der Waals surface area contributed by atoms with Crippen LogP contribution in [0.3, 0.4) is 0 Å². The minimum atomic E-state index is -3.22. The Balaban J connectivity index is 1.07. The molecule has 4 fully saturated rings. The number of amides is 1. The van der Waals surface area contributed by atoms with Crippen LogP contribution in [0.2, 0.25) is 0 Å². The minimum absolute atomic E-state index is 0.236. The Hall–Kier alpha value is -2.64. The molecule has 2 aromatic rings. The van der Waals surface area contributed by atoms with Crippen LogP contribution >= 0.6 is 0 Å². The fraction of sp³-hybridized carbons (Fsp3) is 0.559. The van der Waals surface area contributed by atoms with Gasteiger partial charge in [-0.2, -0.15) is 0 Å².